The highest BCUT2D eigenvalue weighted by Crippen LogP contribution is 2.39. The molecular formula is C30H34FN3O4S. The van der Waals surface area contributed by atoms with E-state index in [-0.39, 0.29) is 28.6 Å². The second-order valence-corrected chi connectivity index (χ2v) is 11.6. The van der Waals surface area contributed by atoms with Crippen molar-refractivity contribution in [3.8, 4) is 18.7 Å². The Labute approximate surface area is 230 Å². The van der Waals surface area contributed by atoms with E-state index >= 15 is 0 Å². The monoisotopic (exact) mass is 551 g/mol. The molecule has 1 atom stereocenters. The molecule has 0 saturated heterocycles. The second kappa shape index (κ2) is 12.0. The average molecular weight is 552 g/mol. The van der Waals surface area contributed by atoms with E-state index < -0.39 is 33.4 Å². The lowest BCUT2D eigenvalue weighted by atomic mass is 9.91. The standard InChI is InChI=1S/C28H32FN3O4S.C2H2/c1-6-19-9-11-21(12-10-19)37(34,35)31-24-16-28(4,5)36-26-22(24)15-20(17-30-26)27(33)32(7-2)25-14-18(3)8-13-23(25)29;1-2/h8-15,17,24,31H,6-7,16H2,1-5H3;1-2H/t24-;/m0./s1. The molecule has 3 aromatic rings. The SMILES string of the molecule is C#C.CCc1ccc(S(=O)(=O)N[C@H]2CC(C)(C)Oc3ncc(C(=O)N(CC)c4cc(C)ccc4F)cc32)cc1. The summed E-state index contributed by atoms with van der Waals surface area (Å²) < 4.78 is 49.9. The van der Waals surface area contributed by atoms with Gasteiger partial charge in [-0.15, -0.1) is 12.8 Å². The molecule has 1 N–H and O–H groups in total. The first-order valence-electron chi connectivity index (χ1n) is 12.7. The van der Waals surface area contributed by atoms with E-state index in [9.17, 15) is 17.6 Å². The molecule has 9 heteroatoms. The van der Waals surface area contributed by atoms with Crippen molar-refractivity contribution in [2.24, 2.45) is 0 Å². The van der Waals surface area contributed by atoms with Gasteiger partial charge in [-0.1, -0.05) is 25.1 Å². The zero-order valence-electron chi connectivity index (χ0n) is 22.9. The van der Waals surface area contributed by atoms with Crippen LogP contribution in [0.25, 0.3) is 0 Å². The van der Waals surface area contributed by atoms with Crippen LogP contribution in [0, 0.1) is 25.6 Å². The molecule has 0 unspecified atom stereocenters. The Morgan fingerprint density at radius 2 is 1.82 bits per heavy atom. The van der Waals surface area contributed by atoms with Crippen molar-refractivity contribution in [2.45, 2.75) is 64.0 Å². The van der Waals surface area contributed by atoms with Crippen LogP contribution >= 0.6 is 0 Å². The lowest BCUT2D eigenvalue weighted by Gasteiger charge is -2.37. The number of nitrogens with zero attached hydrogens (tertiary/aromatic N) is 2. The van der Waals surface area contributed by atoms with Gasteiger partial charge in [0, 0.05) is 24.7 Å². The molecule has 1 amide bonds. The first-order valence-corrected chi connectivity index (χ1v) is 14.1. The van der Waals surface area contributed by atoms with Crippen LogP contribution < -0.4 is 14.4 Å². The number of carbonyl (C=O) groups excluding carboxylic acids is 1. The van der Waals surface area contributed by atoms with Gasteiger partial charge in [0.15, 0.2) is 0 Å². The lowest BCUT2D eigenvalue weighted by molar-refractivity contribution is 0.0640. The maximum atomic E-state index is 14.6. The number of carbonyl (C=O) groups is 1. The minimum absolute atomic E-state index is 0.155. The van der Waals surface area contributed by atoms with E-state index in [0.29, 0.717) is 12.0 Å². The van der Waals surface area contributed by atoms with E-state index in [1.807, 2.05) is 27.7 Å². The van der Waals surface area contributed by atoms with Crippen LogP contribution in [0.2, 0.25) is 0 Å². The number of benzene rings is 2. The maximum absolute atomic E-state index is 14.6. The predicted octanol–water partition coefficient (Wildman–Crippen LogP) is 5.59. The van der Waals surface area contributed by atoms with Crippen LogP contribution in [0.5, 0.6) is 5.88 Å². The van der Waals surface area contributed by atoms with Crippen molar-refractivity contribution in [1.82, 2.24) is 9.71 Å². The summed E-state index contributed by atoms with van der Waals surface area (Å²) in [6.45, 7) is 9.54. The molecular weight excluding hydrogens is 517 g/mol. The Balaban J connectivity index is 0.00000205. The number of nitrogens with one attached hydrogen (secondary N) is 1. The van der Waals surface area contributed by atoms with Gasteiger partial charge in [-0.3, -0.25) is 4.79 Å². The van der Waals surface area contributed by atoms with Gasteiger partial charge in [0.05, 0.1) is 22.2 Å². The average Bonchev–Trinajstić information content (AvgIpc) is 2.91. The fraction of sp³-hybridized carbons (Fsp3) is 0.333. The van der Waals surface area contributed by atoms with Gasteiger partial charge in [0.25, 0.3) is 5.91 Å². The number of halogens is 1. The molecule has 2 aromatic carbocycles. The predicted molar refractivity (Wildman–Crippen MR) is 151 cm³/mol. The molecule has 1 aliphatic heterocycles. The molecule has 206 valence electrons. The molecule has 0 bridgehead atoms. The highest BCUT2D eigenvalue weighted by Gasteiger charge is 2.38. The number of hydrogen-bond donors (Lipinski definition) is 1. The third kappa shape index (κ3) is 6.64. The topological polar surface area (TPSA) is 88.6 Å². The minimum atomic E-state index is -3.86. The van der Waals surface area contributed by atoms with Gasteiger partial charge in [-0.2, -0.15) is 0 Å². The van der Waals surface area contributed by atoms with Crippen LogP contribution in [-0.2, 0) is 16.4 Å². The van der Waals surface area contributed by atoms with E-state index in [0.717, 1.165) is 17.5 Å². The van der Waals surface area contributed by atoms with Gasteiger partial charge in [-0.05, 0) is 75.6 Å². The molecule has 7 nitrogen and oxygen atoms in total. The zero-order chi connectivity index (χ0) is 29.0. The molecule has 0 radical (unpaired) electrons. The molecule has 39 heavy (non-hydrogen) atoms. The Bertz CT molecular complexity index is 1470. The number of pyridine rings is 1. The summed E-state index contributed by atoms with van der Waals surface area (Å²) in [7, 11) is -3.86. The zero-order valence-corrected chi connectivity index (χ0v) is 23.7. The first kappa shape index (κ1) is 29.8. The Kier molecular flexibility index (Phi) is 9.15. The lowest BCUT2D eigenvalue weighted by Crippen LogP contribution is -2.42. The van der Waals surface area contributed by atoms with Gasteiger partial charge in [-0.25, -0.2) is 22.5 Å². The molecule has 4 rings (SSSR count). The molecule has 0 aliphatic carbocycles. The number of ether oxygens (including phenoxy) is 1. The van der Waals surface area contributed by atoms with Crippen LogP contribution in [0.15, 0.2) is 59.6 Å². The summed E-state index contributed by atoms with van der Waals surface area (Å²) in [4.78, 5) is 19.3. The van der Waals surface area contributed by atoms with E-state index in [1.54, 1.807) is 49.4 Å². The van der Waals surface area contributed by atoms with Gasteiger partial charge in [0.2, 0.25) is 15.9 Å². The number of anilines is 1. The Hall–Kier alpha value is -3.74. The second-order valence-electron chi connectivity index (χ2n) is 9.86. The molecule has 0 spiro atoms. The highest BCUT2D eigenvalue weighted by molar-refractivity contribution is 7.89. The minimum Gasteiger partial charge on any atom is -0.471 e. The van der Waals surface area contributed by atoms with Crippen molar-refractivity contribution >= 4 is 21.6 Å². The summed E-state index contributed by atoms with van der Waals surface area (Å²) in [5.41, 5.74) is 2.01. The van der Waals surface area contributed by atoms with E-state index in [4.69, 9.17) is 4.74 Å². The van der Waals surface area contributed by atoms with Gasteiger partial charge < -0.3 is 9.64 Å². The number of fused-ring (bicyclic) bond motifs is 1. The number of amides is 1. The number of aromatic nitrogens is 1. The molecule has 1 aliphatic rings. The van der Waals surface area contributed by atoms with E-state index in [1.165, 1.54) is 17.2 Å². The smallest absolute Gasteiger partial charge is 0.259 e. The number of rotatable bonds is 7. The van der Waals surface area contributed by atoms with Gasteiger partial charge in [0.1, 0.15) is 11.4 Å². The van der Waals surface area contributed by atoms with Crippen LogP contribution in [0.4, 0.5) is 10.1 Å². The largest absolute Gasteiger partial charge is 0.471 e. The number of aryl methyl sites for hydroxylation is 2. The number of hydrogen-bond acceptors (Lipinski definition) is 5. The molecule has 0 fully saturated rings. The Morgan fingerprint density at radius 1 is 1.15 bits per heavy atom. The van der Waals surface area contributed by atoms with Gasteiger partial charge >= 0.3 is 0 Å². The van der Waals surface area contributed by atoms with Crippen molar-refractivity contribution in [2.75, 3.05) is 11.4 Å². The van der Waals surface area contributed by atoms with Crippen molar-refractivity contribution in [3.63, 3.8) is 0 Å². The van der Waals surface area contributed by atoms with Crippen molar-refractivity contribution < 1.29 is 22.3 Å². The normalized spacial score (nSPS) is 15.7. The third-order valence-corrected chi connectivity index (χ3v) is 7.95. The summed E-state index contributed by atoms with van der Waals surface area (Å²) in [5, 5.41) is 0. The molecule has 2 heterocycles. The number of terminal acetylenes is 1. The summed E-state index contributed by atoms with van der Waals surface area (Å²) in [6, 6.07) is 12.2. The van der Waals surface area contributed by atoms with Crippen LogP contribution in [0.1, 0.15) is 67.2 Å². The third-order valence-electron chi connectivity index (χ3n) is 6.46. The van der Waals surface area contributed by atoms with Crippen LogP contribution in [0.3, 0.4) is 0 Å². The maximum Gasteiger partial charge on any atom is 0.259 e. The van der Waals surface area contributed by atoms with Crippen LogP contribution in [-0.4, -0.2) is 31.5 Å². The molecule has 0 saturated carbocycles. The first-order chi connectivity index (χ1) is 18.4. The number of sulfonamides is 1. The van der Waals surface area contributed by atoms with Crippen molar-refractivity contribution in [1.29, 1.82) is 0 Å². The Morgan fingerprint density at radius 3 is 2.44 bits per heavy atom. The van der Waals surface area contributed by atoms with E-state index in [2.05, 4.69) is 22.6 Å². The van der Waals surface area contributed by atoms with Crippen molar-refractivity contribution in [3.05, 3.63) is 82.8 Å². The summed E-state index contributed by atoms with van der Waals surface area (Å²) in [5.74, 6) is -0.688. The fourth-order valence-electron chi connectivity index (χ4n) is 4.50. The quantitative estimate of drug-likeness (QED) is 0.387. The molecule has 1 aromatic heterocycles. The fourth-order valence-corrected chi connectivity index (χ4v) is 5.71. The summed E-state index contributed by atoms with van der Waals surface area (Å²) >= 11 is 0. The highest BCUT2D eigenvalue weighted by atomic mass is 32.2. The summed E-state index contributed by atoms with van der Waals surface area (Å²) in [6.07, 6.45) is 10.5.